The molecule has 2 atom stereocenters. The minimum Gasteiger partial charge on any atom is -0.367 e. The number of carbonyl (C=O) groups is 4. The molecule has 52 heavy (non-hydrogen) atoms. The molecule has 2 unspecified atom stereocenters. The third kappa shape index (κ3) is 9.22. The lowest BCUT2D eigenvalue weighted by molar-refractivity contribution is -0.118. The van der Waals surface area contributed by atoms with Gasteiger partial charge in [0, 0.05) is 62.4 Å². The summed E-state index contributed by atoms with van der Waals surface area (Å²) in [6.07, 6.45) is 19.1. The molecule has 4 aromatic rings. The van der Waals surface area contributed by atoms with Crippen LogP contribution in [0.25, 0.3) is 0 Å². The van der Waals surface area contributed by atoms with Gasteiger partial charge in [-0.3, -0.25) is 19.2 Å². The van der Waals surface area contributed by atoms with Crippen molar-refractivity contribution < 1.29 is 19.2 Å². The van der Waals surface area contributed by atoms with Crippen LogP contribution in [0.5, 0.6) is 0 Å². The average molecular weight is 711 g/mol. The van der Waals surface area contributed by atoms with E-state index in [0.717, 1.165) is 75.6 Å². The highest BCUT2D eigenvalue weighted by molar-refractivity contribution is 5.99. The number of nitrogens with one attached hydrogen (secondary N) is 6. The zero-order valence-electron chi connectivity index (χ0n) is 29.4. The molecular formula is C38H50N10O4. The molecule has 4 heterocycles. The van der Waals surface area contributed by atoms with Gasteiger partial charge in [-0.05, 0) is 111 Å². The van der Waals surface area contributed by atoms with Crippen molar-refractivity contribution in [3.05, 3.63) is 84.0 Å². The molecule has 0 aromatic carbocycles. The summed E-state index contributed by atoms with van der Waals surface area (Å²) in [6, 6.07) is 5.74. The molecule has 0 saturated heterocycles. The highest BCUT2D eigenvalue weighted by atomic mass is 16.2. The number of H-pyrrole nitrogens is 2. The van der Waals surface area contributed by atoms with Crippen molar-refractivity contribution >= 4 is 35.0 Å². The standard InChI is InChI=1S/C38H50N10O4/c39-31(13-25-9-11-41-17-25)35(49)45-29-15-33(47(21-29)19-23-1-2-23)37(51)43-27-5-7-28(8-6-27)44-38(52)34-16-30(22-48(34)20-24-3-4-24)46-36(50)32(40)14-26-10-12-42-18-26/h9-12,15-18,21-24,27-28,31-32,41-42H,1-8,13-14,19-20,39-40H2,(H,43,51)(H,44,52)(H,45,49)(H,46,50). The number of aromatic amines is 2. The summed E-state index contributed by atoms with van der Waals surface area (Å²) in [7, 11) is 0. The number of nitrogens with zero attached hydrogens (tertiary/aromatic N) is 2. The van der Waals surface area contributed by atoms with Crippen molar-refractivity contribution in [2.24, 2.45) is 23.3 Å². The zero-order chi connectivity index (χ0) is 36.2. The predicted molar refractivity (Wildman–Crippen MR) is 197 cm³/mol. The Hall–Kier alpha value is -5.08. The number of rotatable bonds is 16. The maximum absolute atomic E-state index is 13.6. The van der Waals surface area contributed by atoms with Gasteiger partial charge in [-0.1, -0.05) is 0 Å². The van der Waals surface area contributed by atoms with E-state index in [4.69, 9.17) is 11.5 Å². The molecule has 0 bridgehead atoms. The summed E-state index contributed by atoms with van der Waals surface area (Å²) >= 11 is 0. The monoisotopic (exact) mass is 710 g/mol. The second kappa shape index (κ2) is 15.7. The Kier molecular flexibility index (Phi) is 10.6. The van der Waals surface area contributed by atoms with Crippen LogP contribution in [0.4, 0.5) is 11.4 Å². The van der Waals surface area contributed by atoms with Gasteiger partial charge in [-0.2, -0.15) is 0 Å². The summed E-state index contributed by atoms with van der Waals surface area (Å²) in [5.74, 6) is 0.109. The topological polar surface area (TPSA) is 210 Å². The number of amides is 4. The molecule has 0 radical (unpaired) electrons. The van der Waals surface area contributed by atoms with E-state index >= 15 is 0 Å². The molecule has 0 spiro atoms. The lowest BCUT2D eigenvalue weighted by atomic mass is 9.91. The molecule has 3 aliphatic carbocycles. The molecule has 3 saturated carbocycles. The second-order valence-corrected chi connectivity index (χ2v) is 15.0. The second-order valence-electron chi connectivity index (χ2n) is 15.0. The minimum atomic E-state index is -0.717. The molecule has 7 rings (SSSR count). The van der Waals surface area contributed by atoms with Crippen molar-refractivity contribution in [1.82, 2.24) is 29.7 Å². The van der Waals surface area contributed by atoms with E-state index in [1.54, 1.807) is 24.5 Å². The van der Waals surface area contributed by atoms with Crippen molar-refractivity contribution in [3.8, 4) is 0 Å². The van der Waals surface area contributed by atoms with Gasteiger partial charge in [0.2, 0.25) is 11.8 Å². The lowest BCUT2D eigenvalue weighted by Crippen LogP contribution is -2.44. The van der Waals surface area contributed by atoms with E-state index in [1.165, 1.54) is 0 Å². The third-order valence-corrected chi connectivity index (χ3v) is 10.4. The van der Waals surface area contributed by atoms with Crippen LogP contribution in [0.2, 0.25) is 0 Å². The fourth-order valence-corrected chi connectivity index (χ4v) is 7.03. The number of aromatic nitrogens is 4. The fourth-order valence-electron chi connectivity index (χ4n) is 7.03. The fraction of sp³-hybridized carbons (Fsp3) is 0.474. The summed E-state index contributed by atoms with van der Waals surface area (Å²) in [5.41, 5.74) is 16.4. The SMILES string of the molecule is NC(Cc1cc[nH]c1)C(=O)Nc1cc(C(=O)NC2CCC(NC(=O)c3cc(NC(=O)C(N)Cc4cc[nH]c4)cn3CC3CC3)CC2)n(CC2CC2)c1. The Morgan fingerprint density at radius 3 is 1.40 bits per heavy atom. The summed E-state index contributed by atoms with van der Waals surface area (Å²) < 4.78 is 3.88. The Bertz CT molecular complexity index is 1710. The van der Waals surface area contributed by atoms with Crippen LogP contribution in [-0.2, 0) is 35.5 Å². The molecular weight excluding hydrogens is 660 g/mol. The van der Waals surface area contributed by atoms with E-state index in [9.17, 15) is 19.2 Å². The summed E-state index contributed by atoms with van der Waals surface area (Å²) in [5, 5.41) is 12.2. The van der Waals surface area contributed by atoms with Gasteiger partial charge < -0.3 is 51.8 Å². The van der Waals surface area contributed by atoms with Crippen LogP contribution < -0.4 is 32.7 Å². The average Bonchev–Trinajstić information content (AvgIpc) is 3.83. The smallest absolute Gasteiger partial charge is 0.268 e. The maximum Gasteiger partial charge on any atom is 0.268 e. The highest BCUT2D eigenvalue weighted by Gasteiger charge is 2.30. The number of hydrogen-bond acceptors (Lipinski definition) is 6. The Labute approximate surface area is 302 Å². The summed E-state index contributed by atoms with van der Waals surface area (Å²) in [6.45, 7) is 1.45. The molecule has 4 amide bonds. The number of anilines is 2. The maximum atomic E-state index is 13.6. The van der Waals surface area contributed by atoms with Gasteiger partial charge >= 0.3 is 0 Å². The minimum absolute atomic E-state index is 0.0336. The first-order valence-electron chi connectivity index (χ1n) is 18.5. The van der Waals surface area contributed by atoms with Crippen molar-refractivity contribution in [2.75, 3.05) is 10.6 Å². The number of carbonyl (C=O) groups excluding carboxylic acids is 4. The molecule has 14 nitrogen and oxygen atoms in total. The van der Waals surface area contributed by atoms with Gasteiger partial charge in [0.25, 0.3) is 11.8 Å². The normalized spacial score (nSPS) is 19.8. The molecule has 3 fully saturated rings. The first-order chi connectivity index (χ1) is 25.2. The molecule has 3 aliphatic rings. The van der Waals surface area contributed by atoms with Crippen LogP contribution in [-0.4, -0.2) is 66.9 Å². The first-order valence-corrected chi connectivity index (χ1v) is 18.5. The zero-order valence-corrected chi connectivity index (χ0v) is 29.4. The predicted octanol–water partition coefficient (Wildman–Crippen LogP) is 3.25. The molecule has 14 heteroatoms. The quantitative estimate of drug-likeness (QED) is 0.0875. The highest BCUT2D eigenvalue weighted by Crippen LogP contribution is 2.33. The Morgan fingerprint density at radius 1 is 0.654 bits per heavy atom. The molecule has 10 N–H and O–H groups in total. The first kappa shape index (κ1) is 35.3. The van der Waals surface area contributed by atoms with E-state index < -0.39 is 12.1 Å². The van der Waals surface area contributed by atoms with Gasteiger partial charge in [-0.15, -0.1) is 0 Å². The van der Waals surface area contributed by atoms with E-state index in [0.29, 0.717) is 47.4 Å². The van der Waals surface area contributed by atoms with E-state index in [1.807, 2.05) is 46.1 Å². The van der Waals surface area contributed by atoms with Crippen LogP contribution in [0.1, 0.15) is 83.5 Å². The van der Waals surface area contributed by atoms with Crippen molar-refractivity contribution in [1.29, 1.82) is 0 Å². The van der Waals surface area contributed by atoms with Gasteiger partial charge in [-0.25, -0.2) is 0 Å². The van der Waals surface area contributed by atoms with E-state index in [2.05, 4.69) is 31.2 Å². The third-order valence-electron chi connectivity index (χ3n) is 10.4. The van der Waals surface area contributed by atoms with Crippen molar-refractivity contribution in [3.63, 3.8) is 0 Å². The van der Waals surface area contributed by atoms with E-state index in [-0.39, 0.29) is 35.7 Å². The van der Waals surface area contributed by atoms with Crippen LogP contribution >= 0.6 is 0 Å². The van der Waals surface area contributed by atoms with Gasteiger partial charge in [0.05, 0.1) is 23.5 Å². The number of hydrogen-bond donors (Lipinski definition) is 8. The molecule has 276 valence electrons. The Morgan fingerprint density at radius 2 is 1.06 bits per heavy atom. The number of nitrogens with two attached hydrogens (primary N) is 2. The largest absolute Gasteiger partial charge is 0.367 e. The van der Waals surface area contributed by atoms with Crippen LogP contribution in [0, 0.1) is 11.8 Å². The van der Waals surface area contributed by atoms with Crippen molar-refractivity contribution in [2.45, 2.75) is 101 Å². The molecule has 4 aromatic heterocycles. The lowest BCUT2D eigenvalue weighted by Gasteiger charge is -2.30. The van der Waals surface area contributed by atoms with Crippen LogP contribution in [0.3, 0.4) is 0 Å². The van der Waals surface area contributed by atoms with Crippen LogP contribution in [0.15, 0.2) is 61.4 Å². The van der Waals surface area contributed by atoms with Gasteiger partial charge in [0.15, 0.2) is 0 Å². The van der Waals surface area contributed by atoms with Gasteiger partial charge in [0.1, 0.15) is 11.4 Å². The summed E-state index contributed by atoms with van der Waals surface area (Å²) in [4.78, 5) is 58.8. The Balaban J connectivity index is 0.918. The molecule has 0 aliphatic heterocycles.